The first-order chi connectivity index (χ1) is 6.34. The second-order valence-electron chi connectivity index (χ2n) is 2.85. The van der Waals surface area contributed by atoms with Crippen molar-refractivity contribution in [2.24, 2.45) is 4.99 Å². The van der Waals surface area contributed by atoms with Crippen molar-refractivity contribution in [2.45, 2.75) is 13.3 Å². The summed E-state index contributed by atoms with van der Waals surface area (Å²) in [6.07, 6.45) is 7.42. The Hall–Kier alpha value is -0.740. The van der Waals surface area contributed by atoms with E-state index in [-0.39, 0.29) is 0 Å². The van der Waals surface area contributed by atoms with Crippen molar-refractivity contribution >= 4 is 20.7 Å². The zero-order chi connectivity index (χ0) is 9.10. The summed E-state index contributed by atoms with van der Waals surface area (Å²) in [5, 5.41) is 1.10. The predicted molar refractivity (Wildman–Crippen MR) is 57.0 cm³/mol. The maximum absolute atomic E-state index is 4.42. The number of allylic oxidation sites excluding steroid dienone is 3. The molecule has 0 atom stereocenters. The van der Waals surface area contributed by atoms with Gasteiger partial charge in [-0.05, 0) is 29.3 Å². The van der Waals surface area contributed by atoms with Gasteiger partial charge in [-0.2, -0.15) is 0 Å². The number of aryl methyl sites for hydroxylation is 1. The van der Waals surface area contributed by atoms with Crippen LogP contribution in [-0.2, 0) is 0 Å². The van der Waals surface area contributed by atoms with E-state index >= 15 is 0 Å². The van der Waals surface area contributed by atoms with E-state index in [1.165, 1.54) is 5.57 Å². The third kappa shape index (κ3) is 2.35. The van der Waals surface area contributed by atoms with Crippen molar-refractivity contribution in [1.82, 2.24) is 4.98 Å². The predicted octanol–water partition coefficient (Wildman–Crippen LogP) is 2.30. The highest BCUT2D eigenvalue weighted by Gasteiger charge is 1.97. The van der Waals surface area contributed by atoms with Crippen molar-refractivity contribution in [3.8, 4) is 0 Å². The lowest BCUT2D eigenvalue weighted by atomic mass is 10.2. The monoisotopic (exact) mass is 210 g/mol. The number of nitrogens with zero attached hydrogens (tertiary/aromatic N) is 2. The van der Waals surface area contributed by atoms with Crippen LogP contribution in [0, 0.1) is 6.92 Å². The lowest BCUT2D eigenvalue weighted by Crippen LogP contribution is -2.00. The lowest BCUT2D eigenvalue weighted by Gasteiger charge is -1.91. The highest BCUT2D eigenvalue weighted by atomic mass is 32.9. The van der Waals surface area contributed by atoms with Crippen LogP contribution in [0.3, 0.4) is 0 Å². The molecule has 1 aliphatic rings. The molecule has 1 aliphatic carbocycles. The van der Waals surface area contributed by atoms with Crippen molar-refractivity contribution in [3.63, 3.8) is 0 Å². The van der Waals surface area contributed by atoms with Gasteiger partial charge in [-0.1, -0.05) is 28.6 Å². The van der Waals surface area contributed by atoms with Crippen molar-refractivity contribution in [1.29, 1.82) is 0 Å². The molecule has 2 nitrogen and oxygen atoms in total. The van der Waals surface area contributed by atoms with Gasteiger partial charge in [0.1, 0.15) is 5.01 Å². The van der Waals surface area contributed by atoms with E-state index in [9.17, 15) is 0 Å². The smallest absolute Gasteiger partial charge is 0.215 e. The average Bonchev–Trinajstić information content (AvgIpc) is 2.71. The van der Waals surface area contributed by atoms with E-state index in [1.54, 1.807) is 20.7 Å². The normalized spacial score (nSPS) is 16.7. The van der Waals surface area contributed by atoms with Crippen LogP contribution in [-0.4, -0.2) is 11.5 Å². The van der Waals surface area contributed by atoms with Crippen LogP contribution in [0.4, 0.5) is 0 Å². The molecule has 0 aromatic carbocycles. The molecule has 0 radical (unpaired) electrons. The summed E-state index contributed by atoms with van der Waals surface area (Å²) in [6, 6.07) is 0. The second kappa shape index (κ2) is 3.98. The van der Waals surface area contributed by atoms with Crippen molar-refractivity contribution < 1.29 is 0 Å². The minimum absolute atomic E-state index is 0.798. The van der Waals surface area contributed by atoms with Crippen LogP contribution in [0.1, 0.15) is 11.4 Å². The Balaban J connectivity index is 2.05. The number of hydrogen-bond donors (Lipinski definition) is 0. The molecule has 0 spiro atoms. The molecule has 0 N–H and O–H groups in total. The average molecular weight is 210 g/mol. The molecule has 0 bridgehead atoms. The van der Waals surface area contributed by atoms with Crippen LogP contribution in [0.5, 0.6) is 0 Å². The van der Waals surface area contributed by atoms with Gasteiger partial charge in [0.05, 0.1) is 6.54 Å². The minimum Gasteiger partial charge on any atom is -0.252 e. The number of aromatic nitrogens is 1. The molecule has 1 heterocycles. The quantitative estimate of drug-likeness (QED) is 0.688. The summed E-state index contributed by atoms with van der Waals surface area (Å²) in [6.45, 7) is 2.81. The first-order valence-corrected chi connectivity index (χ1v) is 6.28. The Kier molecular flexibility index (Phi) is 2.71. The van der Waals surface area contributed by atoms with Crippen LogP contribution in [0.15, 0.2) is 28.8 Å². The molecule has 0 amide bonds. The Labute approximate surface area is 84.4 Å². The van der Waals surface area contributed by atoms with Gasteiger partial charge in [0.15, 0.2) is 0 Å². The molecular weight excluding hydrogens is 200 g/mol. The van der Waals surface area contributed by atoms with Gasteiger partial charge in [0.25, 0.3) is 0 Å². The summed E-state index contributed by atoms with van der Waals surface area (Å²) in [7, 11) is 3.34. The molecule has 0 fully saturated rings. The van der Waals surface area contributed by atoms with E-state index in [0.29, 0.717) is 0 Å². The van der Waals surface area contributed by atoms with Gasteiger partial charge in [-0.15, -0.1) is 0 Å². The molecule has 4 heteroatoms. The van der Waals surface area contributed by atoms with E-state index in [0.717, 1.165) is 22.8 Å². The maximum atomic E-state index is 4.42. The van der Waals surface area contributed by atoms with Crippen molar-refractivity contribution in [3.05, 3.63) is 33.6 Å². The zero-order valence-electron chi connectivity index (χ0n) is 7.36. The minimum atomic E-state index is 0.798. The van der Waals surface area contributed by atoms with Crippen LogP contribution < -0.4 is 4.80 Å². The summed E-state index contributed by atoms with van der Waals surface area (Å²) in [4.78, 5) is 9.63. The fourth-order valence-electron chi connectivity index (χ4n) is 1.11. The largest absolute Gasteiger partial charge is 0.252 e. The molecule has 13 heavy (non-hydrogen) atoms. The number of rotatable bonds is 2. The molecular formula is C9H10N2S2. The summed E-state index contributed by atoms with van der Waals surface area (Å²) < 4.78 is 0. The SMILES string of the molecule is Cc1nc(=NCC2=CC=CC2)ss1. The zero-order valence-corrected chi connectivity index (χ0v) is 8.99. The van der Waals surface area contributed by atoms with Gasteiger partial charge in [0, 0.05) is 0 Å². The number of hydrogen-bond acceptors (Lipinski definition) is 4. The standard InChI is InChI=1S/C9H10N2S2/c1-7-11-9(13-12-7)10-6-8-4-2-3-5-8/h2-4H,5-6H2,1H3. The third-order valence-corrected chi connectivity index (χ3v) is 3.96. The van der Waals surface area contributed by atoms with E-state index < -0.39 is 0 Å². The van der Waals surface area contributed by atoms with Crippen molar-refractivity contribution in [2.75, 3.05) is 6.54 Å². The Morgan fingerprint density at radius 2 is 2.46 bits per heavy atom. The Bertz CT molecular complexity index is 409. The molecule has 2 rings (SSSR count). The van der Waals surface area contributed by atoms with E-state index in [1.807, 2.05) is 6.92 Å². The summed E-state index contributed by atoms with van der Waals surface area (Å²) in [5.41, 5.74) is 1.37. The highest BCUT2D eigenvalue weighted by molar-refractivity contribution is 7.68. The van der Waals surface area contributed by atoms with Gasteiger partial charge >= 0.3 is 0 Å². The third-order valence-electron chi connectivity index (χ3n) is 1.76. The lowest BCUT2D eigenvalue weighted by molar-refractivity contribution is 1.02. The maximum Gasteiger partial charge on any atom is 0.215 e. The second-order valence-corrected chi connectivity index (χ2v) is 5.14. The summed E-state index contributed by atoms with van der Waals surface area (Å²) >= 11 is 0. The van der Waals surface area contributed by atoms with Crippen LogP contribution in [0.25, 0.3) is 0 Å². The van der Waals surface area contributed by atoms with Gasteiger partial charge < -0.3 is 0 Å². The fraction of sp³-hybridized carbons (Fsp3) is 0.333. The molecule has 0 saturated carbocycles. The van der Waals surface area contributed by atoms with Gasteiger partial charge in [0.2, 0.25) is 4.80 Å². The molecule has 1 aromatic heterocycles. The van der Waals surface area contributed by atoms with Crippen LogP contribution >= 0.6 is 20.7 Å². The fourth-order valence-corrected chi connectivity index (χ4v) is 2.74. The van der Waals surface area contributed by atoms with Gasteiger partial charge in [-0.3, -0.25) is 4.99 Å². The first-order valence-electron chi connectivity index (χ1n) is 4.13. The molecule has 0 saturated heterocycles. The van der Waals surface area contributed by atoms with E-state index in [2.05, 4.69) is 28.2 Å². The molecule has 0 unspecified atom stereocenters. The topological polar surface area (TPSA) is 25.2 Å². The first kappa shape index (κ1) is 8.84. The summed E-state index contributed by atoms with van der Waals surface area (Å²) in [5.74, 6) is 0. The molecule has 0 aliphatic heterocycles. The Morgan fingerprint density at radius 1 is 1.54 bits per heavy atom. The Morgan fingerprint density at radius 3 is 3.08 bits per heavy atom. The molecule has 68 valence electrons. The van der Waals surface area contributed by atoms with Gasteiger partial charge in [-0.25, -0.2) is 4.98 Å². The van der Waals surface area contributed by atoms with Crippen LogP contribution in [0.2, 0.25) is 0 Å². The van der Waals surface area contributed by atoms with E-state index in [4.69, 9.17) is 0 Å². The highest BCUT2D eigenvalue weighted by Crippen LogP contribution is 2.10. The molecule has 1 aromatic rings.